The minimum absolute atomic E-state index is 0.0851. The van der Waals surface area contributed by atoms with E-state index in [1.165, 1.54) is 0 Å². The van der Waals surface area contributed by atoms with E-state index in [0.29, 0.717) is 17.6 Å². The lowest BCUT2D eigenvalue weighted by molar-refractivity contribution is -0.150. The SMILES string of the molecule is CCCOC(=O)C(Cc1c(O)c2ccccc2oc1=O)C1CCCC1. The zero-order valence-electron chi connectivity index (χ0n) is 14.5. The molecule has 0 radical (unpaired) electrons. The van der Waals surface area contributed by atoms with Crippen LogP contribution in [0.3, 0.4) is 0 Å². The topological polar surface area (TPSA) is 76.7 Å². The number of esters is 1. The molecule has 25 heavy (non-hydrogen) atoms. The fourth-order valence-corrected chi connectivity index (χ4v) is 3.68. The van der Waals surface area contributed by atoms with Crippen LogP contribution in [0.1, 0.15) is 44.6 Å². The van der Waals surface area contributed by atoms with Gasteiger partial charge in [0.15, 0.2) is 0 Å². The number of fused-ring (bicyclic) bond motifs is 1. The lowest BCUT2D eigenvalue weighted by Gasteiger charge is -2.22. The summed E-state index contributed by atoms with van der Waals surface area (Å²) in [4.78, 5) is 24.9. The maximum Gasteiger partial charge on any atom is 0.343 e. The summed E-state index contributed by atoms with van der Waals surface area (Å²) in [6.45, 7) is 2.32. The van der Waals surface area contributed by atoms with Gasteiger partial charge in [0.2, 0.25) is 0 Å². The van der Waals surface area contributed by atoms with E-state index in [4.69, 9.17) is 9.15 Å². The summed E-state index contributed by atoms with van der Waals surface area (Å²) >= 11 is 0. The van der Waals surface area contributed by atoms with Gasteiger partial charge in [-0.2, -0.15) is 0 Å². The molecule has 1 atom stereocenters. The molecule has 3 rings (SSSR count). The molecule has 1 fully saturated rings. The van der Waals surface area contributed by atoms with Crippen LogP contribution in [0.5, 0.6) is 5.75 Å². The van der Waals surface area contributed by atoms with Gasteiger partial charge in [-0.25, -0.2) is 4.79 Å². The van der Waals surface area contributed by atoms with Crippen molar-refractivity contribution in [2.75, 3.05) is 6.61 Å². The van der Waals surface area contributed by atoms with Crippen LogP contribution in [0.15, 0.2) is 33.5 Å². The molecule has 1 aromatic heterocycles. The number of ether oxygens (including phenoxy) is 1. The first-order valence-corrected chi connectivity index (χ1v) is 9.02. The van der Waals surface area contributed by atoms with Gasteiger partial charge in [-0.15, -0.1) is 0 Å². The van der Waals surface area contributed by atoms with Crippen LogP contribution in [0, 0.1) is 11.8 Å². The molecule has 2 aromatic rings. The number of carbonyl (C=O) groups is 1. The Morgan fingerprint density at radius 2 is 2.04 bits per heavy atom. The normalized spacial score (nSPS) is 16.2. The Kier molecular flexibility index (Phi) is 5.41. The highest BCUT2D eigenvalue weighted by Gasteiger charge is 2.34. The molecule has 1 N–H and O–H groups in total. The minimum atomic E-state index is -0.581. The van der Waals surface area contributed by atoms with E-state index in [9.17, 15) is 14.7 Å². The fourth-order valence-electron chi connectivity index (χ4n) is 3.68. The average Bonchev–Trinajstić information content (AvgIpc) is 3.14. The van der Waals surface area contributed by atoms with Crippen molar-refractivity contribution in [3.8, 4) is 5.75 Å². The van der Waals surface area contributed by atoms with E-state index in [2.05, 4.69) is 0 Å². The van der Waals surface area contributed by atoms with Crippen LogP contribution >= 0.6 is 0 Å². The molecule has 0 aliphatic heterocycles. The first-order chi connectivity index (χ1) is 12.1. The highest BCUT2D eigenvalue weighted by molar-refractivity contribution is 5.84. The molecule has 1 heterocycles. The minimum Gasteiger partial charge on any atom is -0.507 e. The third kappa shape index (κ3) is 3.70. The second-order valence-corrected chi connectivity index (χ2v) is 6.74. The standard InChI is InChI=1S/C20H24O5/c1-2-11-24-19(22)15(13-7-3-4-8-13)12-16-18(21)14-9-5-6-10-17(14)25-20(16)23/h5-6,9-10,13,15,21H,2-4,7-8,11-12H2,1H3. The predicted octanol–water partition coefficient (Wildman–Crippen LogP) is 3.80. The Balaban J connectivity index is 1.94. The Morgan fingerprint density at radius 1 is 1.32 bits per heavy atom. The van der Waals surface area contributed by atoms with Crippen molar-refractivity contribution in [2.24, 2.45) is 11.8 Å². The van der Waals surface area contributed by atoms with E-state index in [1.807, 2.05) is 6.92 Å². The van der Waals surface area contributed by atoms with Crippen LogP contribution in [0.2, 0.25) is 0 Å². The number of hydrogen-bond acceptors (Lipinski definition) is 5. The third-order valence-corrected chi connectivity index (χ3v) is 5.02. The molecule has 0 spiro atoms. The van der Waals surface area contributed by atoms with Gasteiger partial charge in [-0.1, -0.05) is 31.9 Å². The predicted molar refractivity (Wildman–Crippen MR) is 94.6 cm³/mol. The molecule has 0 saturated heterocycles. The number of benzene rings is 1. The molecular formula is C20H24O5. The van der Waals surface area contributed by atoms with Crippen LogP contribution in [-0.4, -0.2) is 17.7 Å². The third-order valence-electron chi connectivity index (χ3n) is 5.02. The lowest BCUT2D eigenvalue weighted by atomic mass is 9.85. The summed E-state index contributed by atoms with van der Waals surface area (Å²) < 4.78 is 10.7. The van der Waals surface area contributed by atoms with Crippen LogP contribution < -0.4 is 5.63 Å². The molecule has 5 heteroatoms. The molecular weight excluding hydrogens is 320 g/mol. The summed E-state index contributed by atoms with van der Waals surface area (Å²) in [6, 6.07) is 6.87. The second kappa shape index (κ2) is 7.72. The number of hydrogen-bond donors (Lipinski definition) is 1. The maximum absolute atomic E-state index is 12.5. The van der Waals surface area contributed by atoms with Crippen LogP contribution in [-0.2, 0) is 16.0 Å². The van der Waals surface area contributed by atoms with Gasteiger partial charge in [0.25, 0.3) is 0 Å². The molecule has 0 amide bonds. The Labute approximate surface area is 146 Å². The molecule has 1 aromatic carbocycles. The van der Waals surface area contributed by atoms with Crippen molar-refractivity contribution in [3.05, 3.63) is 40.2 Å². The zero-order chi connectivity index (χ0) is 17.8. The van der Waals surface area contributed by atoms with Crippen molar-refractivity contribution in [1.29, 1.82) is 0 Å². The number of carbonyl (C=O) groups excluding carboxylic acids is 1. The largest absolute Gasteiger partial charge is 0.507 e. The fraction of sp³-hybridized carbons (Fsp3) is 0.500. The average molecular weight is 344 g/mol. The van der Waals surface area contributed by atoms with E-state index in [-0.39, 0.29) is 29.6 Å². The van der Waals surface area contributed by atoms with Gasteiger partial charge >= 0.3 is 11.6 Å². The zero-order valence-corrected chi connectivity index (χ0v) is 14.5. The second-order valence-electron chi connectivity index (χ2n) is 6.74. The van der Waals surface area contributed by atoms with Crippen molar-refractivity contribution in [3.63, 3.8) is 0 Å². The van der Waals surface area contributed by atoms with Crippen molar-refractivity contribution in [1.82, 2.24) is 0 Å². The quantitative estimate of drug-likeness (QED) is 0.637. The number of rotatable bonds is 6. The molecule has 1 aliphatic rings. The van der Waals surface area contributed by atoms with Crippen molar-refractivity contribution in [2.45, 2.75) is 45.4 Å². The number of para-hydroxylation sites is 1. The van der Waals surface area contributed by atoms with E-state index in [0.717, 1.165) is 32.1 Å². The maximum atomic E-state index is 12.5. The summed E-state index contributed by atoms with van der Waals surface area (Å²) in [5.41, 5.74) is -0.0636. The smallest absolute Gasteiger partial charge is 0.343 e. The van der Waals surface area contributed by atoms with Gasteiger partial charge in [-0.05, 0) is 43.7 Å². The highest BCUT2D eigenvalue weighted by atomic mass is 16.5. The van der Waals surface area contributed by atoms with Gasteiger partial charge in [-0.3, -0.25) is 4.79 Å². The monoisotopic (exact) mass is 344 g/mol. The van der Waals surface area contributed by atoms with Gasteiger partial charge < -0.3 is 14.3 Å². The molecule has 1 saturated carbocycles. The summed E-state index contributed by atoms with van der Waals surface area (Å²) in [5, 5.41) is 11.1. The first-order valence-electron chi connectivity index (χ1n) is 9.02. The van der Waals surface area contributed by atoms with Crippen LogP contribution in [0.4, 0.5) is 0 Å². The first kappa shape index (κ1) is 17.5. The van der Waals surface area contributed by atoms with Gasteiger partial charge in [0, 0.05) is 0 Å². The molecule has 0 bridgehead atoms. The number of aromatic hydroxyl groups is 1. The molecule has 1 aliphatic carbocycles. The van der Waals surface area contributed by atoms with Crippen molar-refractivity contribution >= 4 is 16.9 Å². The molecule has 134 valence electrons. The van der Waals surface area contributed by atoms with E-state index < -0.39 is 11.5 Å². The molecule has 5 nitrogen and oxygen atoms in total. The van der Waals surface area contributed by atoms with E-state index in [1.54, 1.807) is 24.3 Å². The van der Waals surface area contributed by atoms with E-state index >= 15 is 0 Å². The highest BCUT2D eigenvalue weighted by Crippen LogP contribution is 2.36. The summed E-state index contributed by atoms with van der Waals surface area (Å²) in [6.07, 6.45) is 4.98. The molecule has 1 unspecified atom stereocenters. The Morgan fingerprint density at radius 3 is 2.76 bits per heavy atom. The summed E-state index contributed by atoms with van der Waals surface area (Å²) in [7, 11) is 0. The van der Waals surface area contributed by atoms with Gasteiger partial charge in [0.1, 0.15) is 11.3 Å². The Hall–Kier alpha value is -2.30. The Bertz CT molecular complexity index is 801. The van der Waals surface area contributed by atoms with Gasteiger partial charge in [0.05, 0.1) is 23.5 Å². The summed E-state index contributed by atoms with van der Waals surface area (Å²) in [5.74, 6) is -0.586. The lowest BCUT2D eigenvalue weighted by Crippen LogP contribution is -2.28. The van der Waals surface area contributed by atoms with Crippen molar-refractivity contribution < 1.29 is 19.1 Å². The van der Waals surface area contributed by atoms with Crippen LogP contribution in [0.25, 0.3) is 11.0 Å².